The Morgan fingerprint density at radius 3 is 2.78 bits per heavy atom. The van der Waals surface area contributed by atoms with Crippen molar-refractivity contribution in [3.63, 3.8) is 0 Å². The van der Waals surface area contributed by atoms with Gasteiger partial charge in [0.25, 0.3) is 5.19 Å². The zero-order chi connectivity index (χ0) is 13.2. The first kappa shape index (κ1) is 12.9. The largest absolute Gasteiger partial charge is 0.430 e. The van der Waals surface area contributed by atoms with Crippen LogP contribution in [0.3, 0.4) is 0 Å². The van der Waals surface area contributed by atoms with E-state index in [1.807, 2.05) is 0 Å². The van der Waals surface area contributed by atoms with Gasteiger partial charge in [0.05, 0.1) is 4.90 Å². The maximum absolute atomic E-state index is 11.4. The second-order valence-corrected chi connectivity index (χ2v) is 6.56. The summed E-state index contributed by atoms with van der Waals surface area (Å²) in [5, 5.41) is 8.58. The molecular weight excluding hydrogens is 274 g/mol. The van der Waals surface area contributed by atoms with E-state index in [1.165, 1.54) is 23.5 Å². The molecule has 1 aromatic heterocycles. The number of nitrogens with two attached hydrogens (primary N) is 1. The van der Waals surface area contributed by atoms with E-state index in [9.17, 15) is 8.42 Å². The molecule has 1 heterocycles. The minimum Gasteiger partial charge on any atom is -0.430 e. The van der Waals surface area contributed by atoms with Crippen molar-refractivity contribution in [2.45, 2.75) is 11.4 Å². The molecule has 8 heteroatoms. The summed E-state index contributed by atoms with van der Waals surface area (Å²) >= 11 is 1.22. The van der Waals surface area contributed by atoms with Gasteiger partial charge in [-0.25, -0.2) is 8.42 Å². The van der Waals surface area contributed by atoms with Crippen LogP contribution in [0.5, 0.6) is 10.9 Å². The predicted molar refractivity (Wildman–Crippen MR) is 67.4 cm³/mol. The molecule has 0 aliphatic rings. The van der Waals surface area contributed by atoms with Crippen LogP contribution in [0.25, 0.3) is 0 Å². The lowest BCUT2D eigenvalue weighted by molar-refractivity contribution is 0.471. The van der Waals surface area contributed by atoms with Crippen LogP contribution in [0.4, 0.5) is 0 Å². The molecule has 0 fully saturated rings. The number of hydrogen-bond donors (Lipinski definition) is 1. The highest BCUT2D eigenvalue weighted by molar-refractivity contribution is 7.90. The van der Waals surface area contributed by atoms with Crippen molar-refractivity contribution in [1.29, 1.82) is 0 Å². The third kappa shape index (κ3) is 3.03. The van der Waals surface area contributed by atoms with Crippen molar-refractivity contribution >= 4 is 21.2 Å². The number of hydrogen-bond acceptors (Lipinski definition) is 7. The van der Waals surface area contributed by atoms with Crippen molar-refractivity contribution in [2.24, 2.45) is 5.73 Å². The quantitative estimate of drug-likeness (QED) is 0.906. The number of rotatable bonds is 4. The topological polar surface area (TPSA) is 95.2 Å². The molecule has 0 amide bonds. The van der Waals surface area contributed by atoms with Gasteiger partial charge in [0.2, 0.25) is 0 Å². The van der Waals surface area contributed by atoms with Gasteiger partial charge in [0.15, 0.2) is 9.84 Å². The second kappa shape index (κ2) is 5.01. The van der Waals surface area contributed by atoms with Crippen LogP contribution in [0.1, 0.15) is 5.01 Å². The minimum atomic E-state index is -3.25. The van der Waals surface area contributed by atoms with E-state index in [0.29, 0.717) is 22.5 Å². The first-order valence-corrected chi connectivity index (χ1v) is 7.70. The standard InChI is InChI=1S/C10H11N3O3S2/c1-18(14,15)8-4-2-3-7(5-8)16-10-13-12-9(6-11)17-10/h2-5H,6,11H2,1H3. The third-order valence-corrected chi connectivity index (χ3v) is 4.00. The van der Waals surface area contributed by atoms with E-state index in [0.717, 1.165) is 6.26 Å². The van der Waals surface area contributed by atoms with Crippen LogP contribution >= 0.6 is 11.3 Å². The van der Waals surface area contributed by atoms with Crippen molar-refractivity contribution in [3.8, 4) is 10.9 Å². The zero-order valence-electron chi connectivity index (χ0n) is 9.53. The number of aromatic nitrogens is 2. The SMILES string of the molecule is CS(=O)(=O)c1cccc(Oc2nnc(CN)s2)c1. The zero-order valence-corrected chi connectivity index (χ0v) is 11.2. The molecule has 0 aliphatic carbocycles. The van der Waals surface area contributed by atoms with Gasteiger partial charge < -0.3 is 10.5 Å². The van der Waals surface area contributed by atoms with E-state index >= 15 is 0 Å². The molecule has 2 N–H and O–H groups in total. The number of ether oxygens (including phenoxy) is 1. The van der Waals surface area contributed by atoms with Gasteiger partial charge >= 0.3 is 0 Å². The van der Waals surface area contributed by atoms with Gasteiger partial charge in [-0.15, -0.1) is 5.10 Å². The van der Waals surface area contributed by atoms with Crippen molar-refractivity contribution < 1.29 is 13.2 Å². The van der Waals surface area contributed by atoms with Crippen LogP contribution in [0.2, 0.25) is 0 Å². The molecule has 0 radical (unpaired) electrons. The summed E-state index contributed by atoms with van der Waals surface area (Å²) in [6, 6.07) is 6.21. The predicted octanol–water partition coefficient (Wildman–Crippen LogP) is 1.19. The van der Waals surface area contributed by atoms with Gasteiger partial charge in [-0.05, 0) is 18.2 Å². The van der Waals surface area contributed by atoms with Crippen LogP contribution < -0.4 is 10.5 Å². The fourth-order valence-corrected chi connectivity index (χ4v) is 2.47. The normalized spacial score (nSPS) is 11.4. The molecule has 1 aromatic carbocycles. The van der Waals surface area contributed by atoms with Gasteiger partial charge in [0, 0.05) is 12.8 Å². The van der Waals surface area contributed by atoms with E-state index < -0.39 is 9.84 Å². The molecule has 0 saturated carbocycles. The Kier molecular flexibility index (Phi) is 3.60. The van der Waals surface area contributed by atoms with Gasteiger partial charge in [-0.2, -0.15) is 0 Å². The molecule has 96 valence electrons. The molecule has 0 unspecified atom stereocenters. The monoisotopic (exact) mass is 285 g/mol. The lowest BCUT2D eigenvalue weighted by Crippen LogP contribution is -1.96. The molecule has 0 saturated heterocycles. The Morgan fingerprint density at radius 1 is 1.39 bits per heavy atom. The lowest BCUT2D eigenvalue weighted by Gasteiger charge is -2.03. The van der Waals surface area contributed by atoms with Crippen molar-refractivity contribution in [3.05, 3.63) is 29.3 Å². The molecule has 0 aliphatic heterocycles. The highest BCUT2D eigenvalue weighted by atomic mass is 32.2. The van der Waals surface area contributed by atoms with Crippen LogP contribution in [0, 0.1) is 0 Å². The minimum absolute atomic E-state index is 0.198. The number of sulfone groups is 1. The first-order valence-electron chi connectivity index (χ1n) is 4.99. The van der Waals surface area contributed by atoms with Crippen LogP contribution in [0.15, 0.2) is 29.2 Å². The highest BCUT2D eigenvalue weighted by Gasteiger charge is 2.10. The average molecular weight is 285 g/mol. The molecule has 2 rings (SSSR count). The van der Waals surface area contributed by atoms with Gasteiger partial charge in [-0.1, -0.05) is 22.5 Å². The molecule has 0 spiro atoms. The lowest BCUT2D eigenvalue weighted by atomic mass is 10.3. The Labute approximate surface area is 108 Å². The molecule has 18 heavy (non-hydrogen) atoms. The average Bonchev–Trinajstić information content (AvgIpc) is 2.76. The van der Waals surface area contributed by atoms with Crippen LogP contribution in [-0.2, 0) is 16.4 Å². The molecule has 2 aromatic rings. The Bertz CT molecular complexity index is 652. The summed E-state index contributed by atoms with van der Waals surface area (Å²) in [7, 11) is -3.25. The van der Waals surface area contributed by atoms with Gasteiger partial charge in [-0.3, -0.25) is 0 Å². The van der Waals surface area contributed by atoms with Gasteiger partial charge in [0.1, 0.15) is 10.8 Å². The summed E-state index contributed by atoms with van der Waals surface area (Å²) in [6.45, 7) is 0.296. The first-order chi connectivity index (χ1) is 8.49. The smallest absolute Gasteiger partial charge is 0.299 e. The van der Waals surface area contributed by atoms with Crippen molar-refractivity contribution in [2.75, 3.05) is 6.26 Å². The van der Waals surface area contributed by atoms with Crippen molar-refractivity contribution in [1.82, 2.24) is 10.2 Å². The number of benzene rings is 1. The van der Waals surface area contributed by atoms with E-state index in [1.54, 1.807) is 12.1 Å². The maximum Gasteiger partial charge on any atom is 0.299 e. The second-order valence-electron chi connectivity index (χ2n) is 3.51. The van der Waals surface area contributed by atoms with E-state index in [4.69, 9.17) is 10.5 Å². The highest BCUT2D eigenvalue weighted by Crippen LogP contribution is 2.26. The summed E-state index contributed by atoms with van der Waals surface area (Å²) < 4.78 is 28.2. The molecule has 0 atom stereocenters. The Balaban J connectivity index is 2.24. The fraction of sp³-hybridized carbons (Fsp3) is 0.200. The molecule has 0 bridgehead atoms. The summed E-state index contributed by atoms with van der Waals surface area (Å²) in [5.74, 6) is 0.401. The summed E-state index contributed by atoms with van der Waals surface area (Å²) in [5.41, 5.74) is 5.41. The van der Waals surface area contributed by atoms with E-state index in [-0.39, 0.29) is 4.90 Å². The molecule has 6 nitrogen and oxygen atoms in total. The summed E-state index contributed by atoms with van der Waals surface area (Å²) in [6.07, 6.45) is 1.14. The summed E-state index contributed by atoms with van der Waals surface area (Å²) in [4.78, 5) is 0.198. The van der Waals surface area contributed by atoms with Crippen LogP contribution in [-0.4, -0.2) is 24.9 Å². The molecular formula is C10H11N3O3S2. The fourth-order valence-electron chi connectivity index (χ4n) is 1.23. The Hall–Kier alpha value is -1.51. The van der Waals surface area contributed by atoms with E-state index in [2.05, 4.69) is 10.2 Å². The number of nitrogens with zero attached hydrogens (tertiary/aromatic N) is 2. The third-order valence-electron chi connectivity index (χ3n) is 2.06. The maximum atomic E-state index is 11.4. The Morgan fingerprint density at radius 2 is 2.17 bits per heavy atom.